The molecule has 0 saturated carbocycles. The molecule has 1 aliphatic carbocycles. The third kappa shape index (κ3) is 4.69. The van der Waals surface area contributed by atoms with Gasteiger partial charge >= 0.3 is 0 Å². The van der Waals surface area contributed by atoms with Crippen LogP contribution in [0.5, 0.6) is 0 Å². The summed E-state index contributed by atoms with van der Waals surface area (Å²) in [7, 11) is 0. The lowest BCUT2D eigenvalue weighted by molar-refractivity contribution is 0.630. The van der Waals surface area contributed by atoms with Crippen molar-refractivity contribution in [2.45, 2.75) is 38.5 Å². The van der Waals surface area contributed by atoms with Gasteiger partial charge in [-0.15, -0.1) is 0 Å². The number of para-hydroxylation sites is 2. The number of rotatable bonds is 5. The number of nitrogens with zero attached hydrogens (tertiary/aromatic N) is 2. The van der Waals surface area contributed by atoms with Crippen LogP contribution in [-0.4, -0.2) is 4.57 Å². The Kier molecular flexibility index (Phi) is 6.98. The van der Waals surface area contributed by atoms with E-state index < -0.39 is 0 Å². The predicted molar refractivity (Wildman–Crippen MR) is 236 cm³/mol. The van der Waals surface area contributed by atoms with Gasteiger partial charge in [-0.3, -0.25) is 0 Å². The summed E-state index contributed by atoms with van der Waals surface area (Å²) in [6.07, 6.45) is 0. The summed E-state index contributed by atoms with van der Waals surface area (Å²) in [5.41, 5.74) is 20.1. The van der Waals surface area contributed by atoms with E-state index in [1.807, 2.05) is 0 Å². The number of hydrogen-bond donors (Lipinski definition) is 0. The van der Waals surface area contributed by atoms with Gasteiger partial charge in [0.1, 0.15) is 0 Å². The van der Waals surface area contributed by atoms with E-state index in [-0.39, 0.29) is 10.8 Å². The van der Waals surface area contributed by atoms with Gasteiger partial charge in [-0.05, 0) is 116 Å². The standard InChI is InChI=1S/C54H42N2/c1-53(2)46-21-13-11-19-42(46)43-29-28-41(34-48(43)53)55(39-17-9-6-10-18-39)40-26-23-36(24-27-40)38-31-45-44-20-12-14-22-50(44)56-51-33-37(35-15-7-5-8-16-35)25-30-47(51)54(3,4)49(32-38)52(45)56/h5-34H,1-4H3. The molecule has 11 rings (SSSR count). The zero-order chi connectivity index (χ0) is 37.8. The van der Waals surface area contributed by atoms with Gasteiger partial charge in [0.2, 0.25) is 0 Å². The van der Waals surface area contributed by atoms with Gasteiger partial charge in [0.15, 0.2) is 0 Å². The molecule has 2 heteroatoms. The average molecular weight is 719 g/mol. The molecule has 0 bridgehead atoms. The highest BCUT2D eigenvalue weighted by molar-refractivity contribution is 6.13. The Labute approximate surface area is 328 Å². The summed E-state index contributed by atoms with van der Waals surface area (Å²) in [4.78, 5) is 2.40. The Morgan fingerprint density at radius 3 is 1.79 bits per heavy atom. The van der Waals surface area contributed by atoms with E-state index in [4.69, 9.17) is 0 Å². The van der Waals surface area contributed by atoms with Gasteiger partial charge < -0.3 is 9.47 Å². The fraction of sp³-hybridized carbons (Fsp3) is 0.111. The second-order valence-electron chi connectivity index (χ2n) is 16.6. The highest BCUT2D eigenvalue weighted by atomic mass is 15.1. The van der Waals surface area contributed by atoms with Gasteiger partial charge in [0.25, 0.3) is 0 Å². The molecule has 9 aromatic rings. The van der Waals surface area contributed by atoms with Crippen molar-refractivity contribution in [3.63, 3.8) is 0 Å². The molecule has 8 aromatic carbocycles. The molecule has 268 valence electrons. The number of fused-ring (bicyclic) bond motifs is 8. The van der Waals surface area contributed by atoms with E-state index in [2.05, 4.69) is 219 Å². The zero-order valence-electron chi connectivity index (χ0n) is 32.2. The topological polar surface area (TPSA) is 8.17 Å². The van der Waals surface area contributed by atoms with Crippen LogP contribution >= 0.6 is 0 Å². The minimum absolute atomic E-state index is 0.0747. The lowest BCUT2D eigenvalue weighted by Crippen LogP contribution is -2.26. The van der Waals surface area contributed by atoms with Crippen molar-refractivity contribution >= 4 is 38.9 Å². The molecule has 0 N–H and O–H groups in total. The SMILES string of the molecule is CC1(C)c2ccccc2-c2ccc(N(c3ccccc3)c3ccc(-c4cc5c6c(c4)c4ccccc4n6-c4cc(-c6ccccc6)ccc4C5(C)C)cc3)cc21. The van der Waals surface area contributed by atoms with E-state index in [1.54, 1.807) is 0 Å². The van der Waals surface area contributed by atoms with E-state index >= 15 is 0 Å². The first-order chi connectivity index (χ1) is 27.3. The van der Waals surface area contributed by atoms with Crippen molar-refractivity contribution in [3.8, 4) is 39.1 Å². The number of anilines is 3. The first kappa shape index (κ1) is 32.8. The van der Waals surface area contributed by atoms with Crippen molar-refractivity contribution < 1.29 is 0 Å². The monoisotopic (exact) mass is 718 g/mol. The minimum atomic E-state index is -0.200. The van der Waals surface area contributed by atoms with Gasteiger partial charge in [-0.25, -0.2) is 0 Å². The Bertz CT molecular complexity index is 3000. The summed E-state index contributed by atoms with van der Waals surface area (Å²) in [6, 6.07) is 67.4. The second-order valence-corrected chi connectivity index (χ2v) is 16.6. The zero-order valence-corrected chi connectivity index (χ0v) is 32.2. The van der Waals surface area contributed by atoms with E-state index in [9.17, 15) is 0 Å². The Balaban J connectivity index is 1.04. The molecule has 0 spiro atoms. The second kappa shape index (κ2) is 11.9. The third-order valence-corrected chi connectivity index (χ3v) is 12.8. The summed E-state index contributed by atoms with van der Waals surface area (Å²) in [5, 5.41) is 2.58. The smallest absolute Gasteiger partial charge is 0.0582 e. The molecular formula is C54H42N2. The van der Waals surface area contributed by atoms with Crippen LogP contribution in [0.2, 0.25) is 0 Å². The summed E-state index contributed by atoms with van der Waals surface area (Å²) < 4.78 is 2.52. The Hall–Kier alpha value is -6.64. The fourth-order valence-corrected chi connectivity index (χ4v) is 9.85. The molecule has 2 heterocycles. The van der Waals surface area contributed by atoms with Crippen molar-refractivity contribution in [2.75, 3.05) is 4.90 Å². The number of aromatic nitrogens is 1. The average Bonchev–Trinajstić information content (AvgIpc) is 3.69. The van der Waals surface area contributed by atoms with Crippen LogP contribution in [0, 0.1) is 0 Å². The Morgan fingerprint density at radius 1 is 0.375 bits per heavy atom. The normalized spacial score (nSPS) is 14.4. The van der Waals surface area contributed by atoms with Gasteiger partial charge in [-0.1, -0.05) is 149 Å². The number of hydrogen-bond acceptors (Lipinski definition) is 1. The van der Waals surface area contributed by atoms with Gasteiger partial charge in [0.05, 0.1) is 16.7 Å². The van der Waals surface area contributed by atoms with E-state index in [0.29, 0.717) is 0 Å². The molecule has 2 nitrogen and oxygen atoms in total. The number of benzene rings is 8. The maximum atomic E-state index is 2.52. The molecule has 0 unspecified atom stereocenters. The molecular weight excluding hydrogens is 677 g/mol. The largest absolute Gasteiger partial charge is 0.310 e. The van der Waals surface area contributed by atoms with E-state index in [1.165, 1.54) is 83.1 Å². The van der Waals surface area contributed by atoms with Crippen LogP contribution in [0.25, 0.3) is 60.9 Å². The maximum absolute atomic E-state index is 2.52. The summed E-state index contributed by atoms with van der Waals surface area (Å²) >= 11 is 0. The molecule has 0 fully saturated rings. The van der Waals surface area contributed by atoms with Gasteiger partial charge in [0, 0.05) is 38.7 Å². The molecule has 2 aliphatic rings. The highest BCUT2D eigenvalue weighted by Gasteiger charge is 2.37. The third-order valence-electron chi connectivity index (χ3n) is 12.8. The maximum Gasteiger partial charge on any atom is 0.0582 e. The van der Waals surface area contributed by atoms with Crippen LogP contribution in [0.3, 0.4) is 0 Å². The minimum Gasteiger partial charge on any atom is -0.310 e. The predicted octanol–water partition coefficient (Wildman–Crippen LogP) is 14.5. The molecule has 1 aliphatic heterocycles. The highest BCUT2D eigenvalue weighted by Crippen LogP contribution is 2.52. The molecule has 0 amide bonds. The molecule has 56 heavy (non-hydrogen) atoms. The van der Waals surface area contributed by atoms with Crippen molar-refractivity contribution in [2.24, 2.45) is 0 Å². The quantitative estimate of drug-likeness (QED) is 0.172. The van der Waals surface area contributed by atoms with Crippen molar-refractivity contribution in [1.82, 2.24) is 4.57 Å². The first-order valence-corrected chi connectivity index (χ1v) is 19.8. The van der Waals surface area contributed by atoms with Crippen LogP contribution in [-0.2, 0) is 10.8 Å². The Morgan fingerprint density at radius 2 is 0.982 bits per heavy atom. The fourth-order valence-electron chi connectivity index (χ4n) is 9.85. The molecule has 1 aromatic heterocycles. The van der Waals surface area contributed by atoms with Crippen LogP contribution in [0.15, 0.2) is 182 Å². The van der Waals surface area contributed by atoms with Crippen molar-refractivity contribution in [3.05, 3.63) is 204 Å². The molecule has 0 saturated heterocycles. The first-order valence-electron chi connectivity index (χ1n) is 19.8. The van der Waals surface area contributed by atoms with Crippen molar-refractivity contribution in [1.29, 1.82) is 0 Å². The molecule has 0 radical (unpaired) electrons. The van der Waals surface area contributed by atoms with Gasteiger partial charge in [-0.2, -0.15) is 0 Å². The lowest BCUT2D eigenvalue weighted by atomic mass is 9.73. The summed E-state index contributed by atoms with van der Waals surface area (Å²) in [6.45, 7) is 9.49. The van der Waals surface area contributed by atoms with E-state index in [0.717, 1.165) is 17.1 Å². The summed E-state index contributed by atoms with van der Waals surface area (Å²) in [5.74, 6) is 0. The van der Waals surface area contributed by atoms with Crippen LogP contribution in [0.4, 0.5) is 17.1 Å². The lowest BCUT2D eigenvalue weighted by Gasteiger charge is -2.35. The molecule has 0 atom stereocenters. The van der Waals surface area contributed by atoms with Crippen LogP contribution < -0.4 is 4.90 Å². The van der Waals surface area contributed by atoms with Crippen LogP contribution in [0.1, 0.15) is 49.9 Å².